The molecule has 5 heteroatoms. The zero-order valence-electron chi connectivity index (χ0n) is 10.2. The molecular weight excluding hydrogens is 342 g/mol. The Morgan fingerprint density at radius 2 is 1.85 bits per heavy atom. The van der Waals surface area contributed by atoms with Crippen LogP contribution >= 0.6 is 27.5 Å². The van der Waals surface area contributed by atoms with Gasteiger partial charge in [-0.1, -0.05) is 39.7 Å². The van der Waals surface area contributed by atoms with Gasteiger partial charge in [0.05, 0.1) is 0 Å². The molecule has 3 aromatic rings. The molecule has 0 amide bonds. The SMILES string of the molecule is O=C(O)c1[nH]c2ccc(Br)cc2c1-c1ccc(Cl)cc1. The molecule has 1 aromatic heterocycles. The van der Waals surface area contributed by atoms with E-state index in [1.165, 1.54) is 0 Å². The van der Waals surface area contributed by atoms with Crippen molar-refractivity contribution in [3.05, 3.63) is 57.7 Å². The fourth-order valence-corrected chi connectivity index (χ4v) is 2.73. The number of fused-ring (bicyclic) bond motifs is 1. The van der Waals surface area contributed by atoms with Gasteiger partial charge in [0.1, 0.15) is 5.69 Å². The van der Waals surface area contributed by atoms with Crippen molar-refractivity contribution in [2.24, 2.45) is 0 Å². The van der Waals surface area contributed by atoms with E-state index in [1.54, 1.807) is 12.1 Å². The molecule has 2 aromatic carbocycles. The highest BCUT2D eigenvalue weighted by Gasteiger charge is 2.18. The minimum absolute atomic E-state index is 0.181. The molecule has 0 bridgehead atoms. The summed E-state index contributed by atoms with van der Waals surface area (Å²) in [6.45, 7) is 0. The van der Waals surface area contributed by atoms with Gasteiger partial charge in [-0.2, -0.15) is 0 Å². The van der Waals surface area contributed by atoms with Crippen molar-refractivity contribution >= 4 is 44.4 Å². The van der Waals surface area contributed by atoms with Gasteiger partial charge >= 0.3 is 5.97 Å². The molecule has 3 nitrogen and oxygen atoms in total. The van der Waals surface area contributed by atoms with E-state index in [0.717, 1.165) is 20.9 Å². The van der Waals surface area contributed by atoms with Crippen molar-refractivity contribution in [3.63, 3.8) is 0 Å². The third-order valence-electron chi connectivity index (χ3n) is 3.11. The first-order valence-corrected chi connectivity index (χ1v) is 7.04. The summed E-state index contributed by atoms with van der Waals surface area (Å²) in [5.41, 5.74) is 2.46. The van der Waals surface area contributed by atoms with E-state index >= 15 is 0 Å². The molecule has 0 radical (unpaired) electrons. The summed E-state index contributed by atoms with van der Waals surface area (Å²) in [6.07, 6.45) is 0. The molecule has 0 fully saturated rings. The lowest BCUT2D eigenvalue weighted by Crippen LogP contribution is -1.98. The molecule has 0 saturated carbocycles. The first kappa shape index (κ1) is 13.2. The minimum atomic E-state index is -0.984. The Morgan fingerprint density at radius 1 is 1.15 bits per heavy atom. The number of hydrogen-bond acceptors (Lipinski definition) is 1. The average Bonchev–Trinajstić information content (AvgIpc) is 2.78. The quantitative estimate of drug-likeness (QED) is 0.687. The smallest absolute Gasteiger partial charge is 0.352 e. The number of H-pyrrole nitrogens is 1. The second kappa shape index (κ2) is 4.96. The molecular formula is C15H9BrClNO2. The third-order valence-corrected chi connectivity index (χ3v) is 3.85. The molecule has 0 aliphatic heterocycles. The predicted octanol–water partition coefficient (Wildman–Crippen LogP) is 4.95. The Kier molecular flexibility index (Phi) is 3.28. The minimum Gasteiger partial charge on any atom is -0.477 e. The second-order valence-electron chi connectivity index (χ2n) is 4.38. The Morgan fingerprint density at radius 3 is 2.50 bits per heavy atom. The third kappa shape index (κ3) is 2.21. The van der Waals surface area contributed by atoms with Crippen LogP contribution in [0.1, 0.15) is 10.5 Å². The van der Waals surface area contributed by atoms with Crippen molar-refractivity contribution in [2.75, 3.05) is 0 Å². The first-order valence-electron chi connectivity index (χ1n) is 5.87. The number of carboxylic acids is 1. The molecule has 100 valence electrons. The molecule has 0 aliphatic carbocycles. The van der Waals surface area contributed by atoms with Gasteiger partial charge in [-0.25, -0.2) is 4.79 Å². The normalized spacial score (nSPS) is 10.9. The van der Waals surface area contributed by atoms with Gasteiger partial charge in [-0.3, -0.25) is 0 Å². The summed E-state index contributed by atoms with van der Waals surface area (Å²) in [4.78, 5) is 14.4. The van der Waals surface area contributed by atoms with E-state index in [0.29, 0.717) is 10.6 Å². The molecule has 2 N–H and O–H groups in total. The lowest BCUT2D eigenvalue weighted by atomic mass is 10.0. The number of aromatic nitrogens is 1. The van der Waals surface area contributed by atoms with Crippen LogP contribution in [0.5, 0.6) is 0 Å². The monoisotopic (exact) mass is 349 g/mol. The lowest BCUT2D eigenvalue weighted by Gasteiger charge is -2.03. The lowest BCUT2D eigenvalue weighted by molar-refractivity contribution is 0.0692. The highest BCUT2D eigenvalue weighted by molar-refractivity contribution is 9.10. The van der Waals surface area contributed by atoms with E-state index in [-0.39, 0.29) is 5.69 Å². The zero-order valence-corrected chi connectivity index (χ0v) is 12.5. The van der Waals surface area contributed by atoms with Crippen molar-refractivity contribution in [3.8, 4) is 11.1 Å². The molecule has 0 spiro atoms. The summed E-state index contributed by atoms with van der Waals surface area (Å²) in [6, 6.07) is 12.8. The van der Waals surface area contributed by atoms with Crippen LogP contribution in [-0.4, -0.2) is 16.1 Å². The van der Waals surface area contributed by atoms with Crippen LogP contribution in [0, 0.1) is 0 Å². The number of nitrogens with one attached hydrogen (secondary N) is 1. The van der Waals surface area contributed by atoms with Crippen molar-refractivity contribution in [1.29, 1.82) is 0 Å². The van der Waals surface area contributed by atoms with Crippen LogP contribution in [0.15, 0.2) is 46.9 Å². The van der Waals surface area contributed by atoms with E-state index in [1.807, 2.05) is 30.3 Å². The molecule has 0 saturated heterocycles. The molecule has 1 heterocycles. The summed E-state index contributed by atoms with van der Waals surface area (Å²) < 4.78 is 0.899. The van der Waals surface area contributed by atoms with Crippen LogP contribution in [-0.2, 0) is 0 Å². The number of halogens is 2. The van der Waals surface area contributed by atoms with Crippen molar-refractivity contribution in [2.45, 2.75) is 0 Å². The highest BCUT2D eigenvalue weighted by Crippen LogP contribution is 2.34. The predicted molar refractivity (Wildman–Crippen MR) is 83.4 cm³/mol. The zero-order chi connectivity index (χ0) is 14.3. The summed E-state index contributed by atoms with van der Waals surface area (Å²) in [5, 5.41) is 10.9. The first-order chi connectivity index (χ1) is 9.56. The van der Waals surface area contributed by atoms with Crippen LogP contribution in [0.2, 0.25) is 5.02 Å². The molecule has 20 heavy (non-hydrogen) atoms. The van der Waals surface area contributed by atoms with Gasteiger partial charge < -0.3 is 10.1 Å². The molecule has 0 aliphatic rings. The van der Waals surface area contributed by atoms with Gasteiger partial charge in [0.15, 0.2) is 0 Å². The highest BCUT2D eigenvalue weighted by atomic mass is 79.9. The summed E-state index contributed by atoms with van der Waals surface area (Å²) in [7, 11) is 0. The van der Waals surface area contributed by atoms with Gasteiger partial charge in [-0.05, 0) is 35.9 Å². The van der Waals surface area contributed by atoms with Crippen LogP contribution in [0.25, 0.3) is 22.0 Å². The van der Waals surface area contributed by atoms with E-state index < -0.39 is 5.97 Å². The Hall–Kier alpha value is -1.78. The number of benzene rings is 2. The van der Waals surface area contributed by atoms with E-state index in [4.69, 9.17) is 11.6 Å². The number of hydrogen-bond donors (Lipinski definition) is 2. The van der Waals surface area contributed by atoms with E-state index in [9.17, 15) is 9.90 Å². The molecule has 3 rings (SSSR count). The van der Waals surface area contributed by atoms with Crippen molar-refractivity contribution in [1.82, 2.24) is 4.98 Å². The fourth-order valence-electron chi connectivity index (χ4n) is 2.24. The largest absolute Gasteiger partial charge is 0.477 e. The van der Waals surface area contributed by atoms with Gasteiger partial charge in [0.2, 0.25) is 0 Å². The Labute approximate surface area is 128 Å². The average molecular weight is 351 g/mol. The maximum Gasteiger partial charge on any atom is 0.352 e. The van der Waals surface area contributed by atoms with Gasteiger partial charge in [0.25, 0.3) is 0 Å². The molecule has 0 atom stereocenters. The summed E-state index contributed by atoms with van der Waals surface area (Å²) >= 11 is 9.30. The van der Waals surface area contributed by atoms with Crippen LogP contribution in [0.3, 0.4) is 0 Å². The van der Waals surface area contributed by atoms with Crippen molar-refractivity contribution < 1.29 is 9.90 Å². The van der Waals surface area contributed by atoms with Crippen LogP contribution in [0.4, 0.5) is 0 Å². The Balaban J connectivity index is 2.36. The summed E-state index contributed by atoms with van der Waals surface area (Å²) in [5.74, 6) is -0.984. The van der Waals surface area contributed by atoms with E-state index in [2.05, 4.69) is 20.9 Å². The van der Waals surface area contributed by atoms with Gasteiger partial charge in [-0.15, -0.1) is 0 Å². The maximum absolute atomic E-state index is 11.4. The maximum atomic E-state index is 11.4. The second-order valence-corrected chi connectivity index (χ2v) is 5.73. The number of aromatic carboxylic acids is 1. The van der Waals surface area contributed by atoms with Gasteiger partial charge in [0, 0.05) is 26.0 Å². The Bertz CT molecular complexity index is 809. The van der Waals surface area contributed by atoms with Crippen LogP contribution < -0.4 is 0 Å². The number of aromatic amines is 1. The topological polar surface area (TPSA) is 53.1 Å². The molecule has 0 unspecified atom stereocenters. The fraction of sp³-hybridized carbons (Fsp3) is 0. The number of rotatable bonds is 2. The number of carbonyl (C=O) groups is 1. The number of carboxylic acid groups (broad SMARTS) is 1. The standard InChI is InChI=1S/C15H9BrClNO2/c16-9-3-6-12-11(7-9)13(14(18-12)15(19)20)8-1-4-10(17)5-2-8/h1-7,18H,(H,19,20).